The van der Waals surface area contributed by atoms with Crippen molar-refractivity contribution in [1.82, 2.24) is 10.2 Å². The Morgan fingerprint density at radius 3 is 2.23 bits per heavy atom. The zero-order chi connectivity index (χ0) is 24.8. The second-order valence-corrected chi connectivity index (χ2v) is 9.41. The van der Waals surface area contributed by atoms with Crippen molar-refractivity contribution in [2.75, 3.05) is 40.0 Å². The Morgan fingerprint density at radius 1 is 1.06 bits per heavy atom. The number of carboxylic acids is 1. The highest BCUT2D eigenvalue weighted by molar-refractivity contribution is 5.82. The van der Waals surface area contributed by atoms with Crippen LogP contribution in [0.15, 0.2) is 48.5 Å². The molecule has 0 heterocycles. The first-order valence-electron chi connectivity index (χ1n) is 12.0. The highest BCUT2D eigenvalue weighted by atomic mass is 16.5. The summed E-state index contributed by atoms with van der Waals surface area (Å²) in [4.78, 5) is 37.9. The van der Waals surface area contributed by atoms with Crippen LogP contribution in [-0.4, -0.2) is 67.9 Å². The summed E-state index contributed by atoms with van der Waals surface area (Å²) >= 11 is 0. The number of amides is 2. The number of fused-ring (bicyclic) bond motifs is 3. The summed E-state index contributed by atoms with van der Waals surface area (Å²) in [5.41, 5.74) is 4.27. The fraction of sp³-hybridized carbons (Fsp3) is 0.444. The molecular weight excluding hydrogens is 448 g/mol. The van der Waals surface area contributed by atoms with E-state index in [1.807, 2.05) is 24.3 Å². The molecule has 0 radical (unpaired) electrons. The molecule has 8 heteroatoms. The van der Waals surface area contributed by atoms with Crippen LogP contribution in [0, 0.1) is 5.41 Å². The third kappa shape index (κ3) is 5.65. The van der Waals surface area contributed by atoms with Gasteiger partial charge in [-0.2, -0.15) is 0 Å². The maximum atomic E-state index is 12.8. The number of rotatable bonds is 11. The fourth-order valence-corrected chi connectivity index (χ4v) is 5.09. The fourth-order valence-electron chi connectivity index (χ4n) is 5.09. The predicted molar refractivity (Wildman–Crippen MR) is 130 cm³/mol. The van der Waals surface area contributed by atoms with Crippen LogP contribution in [0.3, 0.4) is 0 Å². The van der Waals surface area contributed by atoms with Crippen molar-refractivity contribution in [2.24, 2.45) is 5.41 Å². The van der Waals surface area contributed by atoms with Gasteiger partial charge in [-0.1, -0.05) is 55.0 Å². The van der Waals surface area contributed by atoms with E-state index in [9.17, 15) is 14.4 Å². The van der Waals surface area contributed by atoms with E-state index in [1.54, 1.807) is 0 Å². The summed E-state index contributed by atoms with van der Waals surface area (Å²) in [7, 11) is 1.51. The minimum Gasteiger partial charge on any atom is -0.480 e. The Morgan fingerprint density at radius 2 is 1.69 bits per heavy atom. The number of hydrogen-bond donors (Lipinski definition) is 2. The van der Waals surface area contributed by atoms with Gasteiger partial charge in [-0.25, -0.2) is 4.79 Å². The molecular formula is C27H32N2O6. The van der Waals surface area contributed by atoms with Gasteiger partial charge >= 0.3 is 12.1 Å². The minimum atomic E-state index is -1.06. The molecule has 4 rings (SSSR count). The number of benzene rings is 2. The second kappa shape index (κ2) is 10.9. The molecule has 0 atom stereocenters. The van der Waals surface area contributed by atoms with Gasteiger partial charge in [0, 0.05) is 32.5 Å². The van der Waals surface area contributed by atoms with Crippen LogP contribution in [0.5, 0.6) is 0 Å². The summed E-state index contributed by atoms with van der Waals surface area (Å²) in [6, 6.07) is 16.3. The number of hydrogen-bond acceptors (Lipinski definition) is 5. The molecule has 0 unspecified atom stereocenters. The van der Waals surface area contributed by atoms with Crippen molar-refractivity contribution in [3.05, 3.63) is 59.7 Å². The SMILES string of the molecule is COCCN(CC(=O)O)C(=O)CC1(CNC(=O)OCC2c3ccccc3-c3ccccc32)CCC1. The number of nitrogens with one attached hydrogen (secondary N) is 1. The summed E-state index contributed by atoms with van der Waals surface area (Å²) < 4.78 is 10.6. The number of carbonyl (C=O) groups excluding carboxylic acids is 2. The van der Waals surface area contributed by atoms with Gasteiger partial charge in [0.15, 0.2) is 0 Å². The van der Waals surface area contributed by atoms with Crippen LogP contribution < -0.4 is 5.32 Å². The number of carboxylic acid groups (broad SMARTS) is 1. The Balaban J connectivity index is 1.32. The van der Waals surface area contributed by atoms with Crippen LogP contribution in [0.1, 0.15) is 42.7 Å². The number of alkyl carbamates (subject to hydrolysis) is 1. The highest BCUT2D eigenvalue weighted by Gasteiger charge is 2.40. The van der Waals surface area contributed by atoms with Crippen molar-refractivity contribution in [1.29, 1.82) is 0 Å². The van der Waals surface area contributed by atoms with Crippen LogP contribution in [0.2, 0.25) is 0 Å². The van der Waals surface area contributed by atoms with E-state index in [2.05, 4.69) is 29.6 Å². The quantitative estimate of drug-likeness (QED) is 0.509. The minimum absolute atomic E-state index is 0.0160. The van der Waals surface area contributed by atoms with E-state index in [0.717, 1.165) is 30.4 Å². The van der Waals surface area contributed by atoms with E-state index in [0.29, 0.717) is 6.54 Å². The molecule has 8 nitrogen and oxygen atoms in total. The number of methoxy groups -OCH3 is 1. The normalized spacial score (nSPS) is 15.5. The van der Waals surface area contributed by atoms with Gasteiger partial charge < -0.3 is 24.8 Å². The Bertz CT molecular complexity index is 1040. The van der Waals surface area contributed by atoms with E-state index in [4.69, 9.17) is 14.6 Å². The molecule has 2 aromatic rings. The second-order valence-electron chi connectivity index (χ2n) is 9.41. The lowest BCUT2D eigenvalue weighted by Crippen LogP contribution is -2.47. The lowest BCUT2D eigenvalue weighted by atomic mass is 9.66. The van der Waals surface area contributed by atoms with Crippen LogP contribution in [0.4, 0.5) is 4.79 Å². The summed E-state index contributed by atoms with van der Waals surface area (Å²) in [5.74, 6) is -1.31. The molecule has 2 aliphatic carbocycles. The molecule has 0 bridgehead atoms. The first-order valence-corrected chi connectivity index (χ1v) is 12.0. The molecule has 2 amide bonds. The van der Waals surface area contributed by atoms with Gasteiger partial charge in [0.25, 0.3) is 0 Å². The third-order valence-corrected chi connectivity index (χ3v) is 7.14. The lowest BCUT2D eigenvalue weighted by molar-refractivity contribution is -0.146. The van der Waals surface area contributed by atoms with Crippen LogP contribution in [-0.2, 0) is 19.1 Å². The standard InChI is InChI=1S/C27H32N2O6/c1-34-14-13-29(16-25(31)32)24(30)15-27(11-6-12-27)18-28-26(33)35-17-23-21-9-4-2-7-19(21)20-8-3-5-10-22(20)23/h2-5,7-10,23H,6,11-18H2,1H3,(H,28,33)(H,31,32). The molecule has 1 saturated carbocycles. The molecule has 186 valence electrons. The van der Waals surface area contributed by atoms with Gasteiger partial charge in [-0.05, 0) is 40.5 Å². The highest BCUT2D eigenvalue weighted by Crippen LogP contribution is 2.45. The molecule has 35 heavy (non-hydrogen) atoms. The average Bonchev–Trinajstić information content (AvgIpc) is 3.15. The van der Waals surface area contributed by atoms with Gasteiger partial charge in [0.1, 0.15) is 13.2 Å². The van der Waals surface area contributed by atoms with E-state index in [-0.39, 0.29) is 50.0 Å². The van der Waals surface area contributed by atoms with Crippen molar-refractivity contribution in [2.45, 2.75) is 31.6 Å². The van der Waals surface area contributed by atoms with Gasteiger partial charge in [0.05, 0.1) is 6.61 Å². The Labute approximate surface area is 205 Å². The first kappa shape index (κ1) is 24.7. The van der Waals surface area contributed by atoms with E-state index >= 15 is 0 Å². The molecule has 2 aliphatic rings. The molecule has 0 aromatic heterocycles. The van der Waals surface area contributed by atoms with Crippen LogP contribution in [0.25, 0.3) is 11.1 Å². The molecule has 2 aromatic carbocycles. The zero-order valence-corrected chi connectivity index (χ0v) is 20.0. The monoisotopic (exact) mass is 480 g/mol. The first-order chi connectivity index (χ1) is 16.9. The van der Waals surface area contributed by atoms with E-state index < -0.39 is 12.1 Å². The maximum Gasteiger partial charge on any atom is 0.407 e. The summed E-state index contributed by atoms with van der Waals surface area (Å²) in [6.45, 7) is 0.676. The Kier molecular flexibility index (Phi) is 7.70. The third-order valence-electron chi connectivity index (χ3n) is 7.14. The number of nitrogens with zero attached hydrogens (tertiary/aromatic N) is 1. The molecule has 0 spiro atoms. The van der Waals surface area contributed by atoms with Gasteiger partial charge in [0.2, 0.25) is 5.91 Å². The topological polar surface area (TPSA) is 105 Å². The number of carbonyl (C=O) groups is 3. The molecule has 0 aliphatic heterocycles. The van der Waals surface area contributed by atoms with Gasteiger partial charge in [-0.15, -0.1) is 0 Å². The molecule has 0 saturated heterocycles. The van der Waals surface area contributed by atoms with Crippen molar-refractivity contribution in [3.63, 3.8) is 0 Å². The number of aliphatic carboxylic acids is 1. The summed E-state index contributed by atoms with van der Waals surface area (Å²) in [6.07, 6.45) is 2.25. The number of ether oxygens (including phenoxy) is 2. The average molecular weight is 481 g/mol. The van der Waals surface area contributed by atoms with Gasteiger partial charge in [-0.3, -0.25) is 9.59 Å². The van der Waals surface area contributed by atoms with Crippen molar-refractivity contribution < 1.29 is 29.0 Å². The summed E-state index contributed by atoms with van der Waals surface area (Å²) in [5, 5.41) is 12.0. The van der Waals surface area contributed by atoms with Crippen LogP contribution >= 0.6 is 0 Å². The molecule has 2 N–H and O–H groups in total. The lowest BCUT2D eigenvalue weighted by Gasteiger charge is -2.42. The smallest absolute Gasteiger partial charge is 0.407 e. The molecule has 1 fully saturated rings. The predicted octanol–water partition coefficient (Wildman–Crippen LogP) is 3.65. The van der Waals surface area contributed by atoms with E-state index in [1.165, 1.54) is 23.1 Å². The largest absolute Gasteiger partial charge is 0.480 e. The van der Waals surface area contributed by atoms with Crippen molar-refractivity contribution >= 4 is 18.0 Å². The zero-order valence-electron chi connectivity index (χ0n) is 20.0. The Hall–Kier alpha value is -3.39. The van der Waals surface area contributed by atoms with Crippen molar-refractivity contribution in [3.8, 4) is 11.1 Å². The maximum absolute atomic E-state index is 12.8.